The summed E-state index contributed by atoms with van der Waals surface area (Å²) in [6, 6.07) is 15.6. The molecule has 2 aromatic rings. The number of rotatable bonds is 6. The van der Waals surface area contributed by atoms with Gasteiger partial charge in [-0.15, -0.1) is 0 Å². The molecule has 0 heterocycles. The van der Waals surface area contributed by atoms with Gasteiger partial charge < -0.3 is 4.74 Å². The highest BCUT2D eigenvalue weighted by molar-refractivity contribution is 7.86. The third-order valence-electron chi connectivity index (χ3n) is 2.80. The van der Waals surface area contributed by atoms with E-state index < -0.39 is 10.1 Å². The molecule has 106 valence electrons. The van der Waals surface area contributed by atoms with Crippen molar-refractivity contribution in [2.24, 2.45) is 0 Å². The minimum Gasteiger partial charge on any atom is -0.497 e. The first-order chi connectivity index (χ1) is 9.62. The van der Waals surface area contributed by atoms with Crippen LogP contribution in [0.3, 0.4) is 0 Å². The van der Waals surface area contributed by atoms with Gasteiger partial charge in [-0.2, -0.15) is 8.42 Å². The zero-order valence-electron chi connectivity index (χ0n) is 11.2. The lowest BCUT2D eigenvalue weighted by Gasteiger charge is -2.06. The van der Waals surface area contributed by atoms with Gasteiger partial charge in [0.15, 0.2) is 0 Å². The van der Waals surface area contributed by atoms with Crippen molar-refractivity contribution >= 4 is 10.1 Å². The third-order valence-corrected chi connectivity index (χ3v) is 4.12. The third kappa shape index (κ3) is 3.82. The molecule has 0 spiro atoms. The number of methoxy groups -OCH3 is 1. The van der Waals surface area contributed by atoms with Gasteiger partial charge in [-0.25, -0.2) is 0 Å². The fourth-order valence-corrected chi connectivity index (χ4v) is 2.68. The average Bonchev–Trinajstić information content (AvgIpc) is 2.48. The maximum absolute atomic E-state index is 11.9. The van der Waals surface area contributed by atoms with Crippen LogP contribution in [0, 0.1) is 0 Å². The molecule has 0 aliphatic heterocycles. The Kier molecular flexibility index (Phi) is 4.76. The van der Waals surface area contributed by atoms with E-state index in [1.165, 1.54) is 12.1 Å². The maximum atomic E-state index is 11.9. The number of hydrogen-bond acceptors (Lipinski definition) is 4. The molecule has 0 bridgehead atoms. The van der Waals surface area contributed by atoms with Crippen LogP contribution in [0.15, 0.2) is 59.5 Å². The Morgan fingerprint density at radius 3 is 2.45 bits per heavy atom. The van der Waals surface area contributed by atoms with Crippen LogP contribution in [0.2, 0.25) is 0 Å². The highest BCUT2D eigenvalue weighted by Gasteiger charge is 2.13. The van der Waals surface area contributed by atoms with Crippen LogP contribution in [0.1, 0.15) is 5.56 Å². The highest BCUT2D eigenvalue weighted by atomic mass is 32.2. The molecule has 20 heavy (non-hydrogen) atoms. The summed E-state index contributed by atoms with van der Waals surface area (Å²) < 4.78 is 33.9. The van der Waals surface area contributed by atoms with Crippen LogP contribution >= 0.6 is 0 Å². The molecule has 0 saturated heterocycles. The summed E-state index contributed by atoms with van der Waals surface area (Å²) >= 11 is 0. The highest BCUT2D eigenvalue weighted by Crippen LogP contribution is 2.15. The summed E-state index contributed by atoms with van der Waals surface area (Å²) in [5.74, 6) is 0.744. The van der Waals surface area contributed by atoms with Crippen molar-refractivity contribution < 1.29 is 17.3 Å². The summed E-state index contributed by atoms with van der Waals surface area (Å²) in [7, 11) is -2.08. The molecule has 5 heteroatoms. The summed E-state index contributed by atoms with van der Waals surface area (Å²) in [4.78, 5) is 0.172. The molecule has 0 aromatic heterocycles. The van der Waals surface area contributed by atoms with Crippen LogP contribution < -0.4 is 4.74 Å². The zero-order chi connectivity index (χ0) is 14.4. The molecule has 0 amide bonds. The zero-order valence-corrected chi connectivity index (χ0v) is 12.0. The van der Waals surface area contributed by atoms with Gasteiger partial charge >= 0.3 is 0 Å². The van der Waals surface area contributed by atoms with Crippen molar-refractivity contribution in [3.05, 3.63) is 60.2 Å². The molecule has 4 nitrogen and oxygen atoms in total. The van der Waals surface area contributed by atoms with Crippen LogP contribution in [0.4, 0.5) is 0 Å². The van der Waals surface area contributed by atoms with E-state index in [2.05, 4.69) is 0 Å². The van der Waals surface area contributed by atoms with Crippen LogP contribution in [-0.4, -0.2) is 22.1 Å². The number of benzene rings is 2. The van der Waals surface area contributed by atoms with Crippen molar-refractivity contribution in [3.63, 3.8) is 0 Å². The van der Waals surface area contributed by atoms with E-state index in [1.807, 2.05) is 24.3 Å². The fourth-order valence-electron chi connectivity index (χ4n) is 1.75. The van der Waals surface area contributed by atoms with Crippen molar-refractivity contribution in [1.29, 1.82) is 0 Å². The van der Waals surface area contributed by atoms with E-state index in [4.69, 9.17) is 8.92 Å². The lowest BCUT2D eigenvalue weighted by atomic mass is 10.1. The monoisotopic (exact) mass is 292 g/mol. The number of ether oxygens (including phenoxy) is 1. The predicted molar refractivity (Wildman–Crippen MR) is 76.3 cm³/mol. The fraction of sp³-hybridized carbons (Fsp3) is 0.200. The maximum Gasteiger partial charge on any atom is 0.296 e. The molecule has 0 atom stereocenters. The van der Waals surface area contributed by atoms with Crippen LogP contribution in [0.25, 0.3) is 0 Å². The molecule has 0 aliphatic carbocycles. The van der Waals surface area contributed by atoms with Crippen LogP contribution in [-0.2, 0) is 20.7 Å². The molecule has 0 aliphatic rings. The smallest absolute Gasteiger partial charge is 0.296 e. The Morgan fingerprint density at radius 2 is 1.75 bits per heavy atom. The lowest BCUT2D eigenvalue weighted by Crippen LogP contribution is -2.09. The van der Waals surface area contributed by atoms with Gasteiger partial charge in [-0.1, -0.05) is 30.3 Å². The van der Waals surface area contributed by atoms with E-state index in [9.17, 15) is 8.42 Å². The SMILES string of the molecule is COc1cccc(CCOS(=O)(=O)c2ccccc2)c1. The number of hydrogen-bond donors (Lipinski definition) is 0. The van der Waals surface area contributed by atoms with Gasteiger partial charge in [0.25, 0.3) is 10.1 Å². The second-order valence-corrected chi connectivity index (χ2v) is 5.81. The van der Waals surface area contributed by atoms with Crippen molar-refractivity contribution in [3.8, 4) is 5.75 Å². The van der Waals surface area contributed by atoms with Crippen molar-refractivity contribution in [1.82, 2.24) is 0 Å². The van der Waals surface area contributed by atoms with Gasteiger partial charge in [-0.3, -0.25) is 4.18 Å². The standard InChI is InChI=1S/C15H16O4S/c1-18-14-7-5-6-13(12-14)10-11-19-20(16,17)15-8-3-2-4-9-15/h2-9,12H,10-11H2,1H3. The van der Waals surface area contributed by atoms with Gasteiger partial charge in [-0.05, 0) is 36.2 Å². The summed E-state index contributed by atoms with van der Waals surface area (Å²) in [6.07, 6.45) is 0.503. The second kappa shape index (κ2) is 6.54. The van der Waals surface area contributed by atoms with E-state index >= 15 is 0 Å². The molecular weight excluding hydrogens is 276 g/mol. The molecule has 2 aromatic carbocycles. The van der Waals surface area contributed by atoms with Gasteiger partial charge in [0.2, 0.25) is 0 Å². The van der Waals surface area contributed by atoms with Crippen LogP contribution in [0.5, 0.6) is 5.75 Å². The quantitative estimate of drug-likeness (QED) is 0.768. The summed E-state index contributed by atoms with van der Waals surface area (Å²) in [5.41, 5.74) is 0.965. The summed E-state index contributed by atoms with van der Waals surface area (Å²) in [6.45, 7) is 0.102. The molecule has 2 rings (SSSR count). The molecule has 0 fully saturated rings. The molecule has 0 unspecified atom stereocenters. The van der Waals surface area contributed by atoms with E-state index in [0.717, 1.165) is 11.3 Å². The Hall–Kier alpha value is -1.85. The van der Waals surface area contributed by atoms with E-state index in [-0.39, 0.29) is 11.5 Å². The first kappa shape index (κ1) is 14.6. The van der Waals surface area contributed by atoms with Crippen molar-refractivity contribution in [2.45, 2.75) is 11.3 Å². The first-order valence-corrected chi connectivity index (χ1v) is 7.60. The summed E-state index contributed by atoms with van der Waals surface area (Å²) in [5, 5.41) is 0. The topological polar surface area (TPSA) is 52.6 Å². The van der Waals surface area contributed by atoms with E-state index in [0.29, 0.717) is 6.42 Å². The normalized spacial score (nSPS) is 11.2. The Morgan fingerprint density at radius 1 is 1.00 bits per heavy atom. The van der Waals surface area contributed by atoms with Gasteiger partial charge in [0.05, 0.1) is 18.6 Å². The Labute approximate surface area is 119 Å². The molecule has 0 saturated carbocycles. The lowest BCUT2D eigenvalue weighted by molar-refractivity contribution is 0.322. The predicted octanol–water partition coefficient (Wildman–Crippen LogP) is 2.64. The van der Waals surface area contributed by atoms with Crippen molar-refractivity contribution in [2.75, 3.05) is 13.7 Å². The van der Waals surface area contributed by atoms with Gasteiger partial charge in [0.1, 0.15) is 5.75 Å². The van der Waals surface area contributed by atoms with E-state index in [1.54, 1.807) is 25.3 Å². The largest absolute Gasteiger partial charge is 0.497 e. The average molecular weight is 292 g/mol. The molecule has 0 N–H and O–H groups in total. The second-order valence-electron chi connectivity index (χ2n) is 4.19. The Balaban J connectivity index is 1.95. The molecular formula is C15H16O4S. The minimum absolute atomic E-state index is 0.102. The minimum atomic E-state index is -3.68. The molecule has 0 radical (unpaired) electrons. The first-order valence-electron chi connectivity index (χ1n) is 6.19. The Bertz CT molecular complexity index is 651. The van der Waals surface area contributed by atoms with Gasteiger partial charge in [0, 0.05) is 0 Å².